The molecule has 0 saturated carbocycles. The van der Waals surface area contributed by atoms with Crippen LogP contribution >= 0.6 is 0 Å². The summed E-state index contributed by atoms with van der Waals surface area (Å²) in [6, 6.07) is 9.72. The largest absolute Gasteiger partial charge is 0.341 e. The highest BCUT2D eigenvalue weighted by molar-refractivity contribution is 5.90. The molecule has 112 valence electrons. The molecule has 2 aliphatic heterocycles. The van der Waals surface area contributed by atoms with E-state index in [9.17, 15) is 4.79 Å². The van der Waals surface area contributed by atoms with E-state index in [0.29, 0.717) is 5.95 Å². The Morgan fingerprint density at radius 1 is 1.05 bits per heavy atom. The number of benzene rings is 1. The topological polar surface area (TPSA) is 49.3 Å². The normalized spacial score (nSPS) is 20.3. The van der Waals surface area contributed by atoms with Crippen molar-refractivity contribution >= 4 is 17.5 Å². The third-order valence-electron chi connectivity index (χ3n) is 4.45. The molecule has 1 aromatic heterocycles. The van der Waals surface area contributed by atoms with Gasteiger partial charge in [0.05, 0.1) is 0 Å². The summed E-state index contributed by atoms with van der Waals surface area (Å²) in [5.41, 5.74) is 2.23. The molecule has 1 saturated heterocycles. The first-order valence-electron chi connectivity index (χ1n) is 7.77. The van der Waals surface area contributed by atoms with Crippen LogP contribution in [0.15, 0.2) is 42.7 Å². The second kappa shape index (κ2) is 5.40. The quantitative estimate of drug-likeness (QED) is 0.851. The number of nitrogens with zero attached hydrogens (tertiary/aromatic N) is 4. The van der Waals surface area contributed by atoms with Gasteiger partial charge < -0.3 is 4.90 Å². The number of carbonyl (C=O) groups is 1. The number of hydrogen-bond acceptors (Lipinski definition) is 4. The van der Waals surface area contributed by atoms with Crippen LogP contribution in [0.25, 0.3) is 0 Å². The lowest BCUT2D eigenvalue weighted by Gasteiger charge is -2.28. The highest BCUT2D eigenvalue weighted by Gasteiger charge is 2.39. The van der Waals surface area contributed by atoms with E-state index < -0.39 is 0 Å². The average molecular weight is 294 g/mol. The molecule has 0 N–H and O–H groups in total. The number of hydrogen-bond donors (Lipinski definition) is 0. The Labute approximate surface area is 129 Å². The van der Waals surface area contributed by atoms with Crippen molar-refractivity contribution in [3.8, 4) is 0 Å². The lowest BCUT2D eigenvalue weighted by molar-refractivity contribution is -0.131. The summed E-state index contributed by atoms with van der Waals surface area (Å²) in [7, 11) is 0. The lowest BCUT2D eigenvalue weighted by atomic mass is 10.1. The molecule has 1 fully saturated rings. The molecule has 4 rings (SSSR count). The molecule has 5 nitrogen and oxygen atoms in total. The molecule has 1 atom stereocenters. The Morgan fingerprint density at radius 2 is 1.77 bits per heavy atom. The zero-order valence-electron chi connectivity index (χ0n) is 12.4. The molecule has 1 unspecified atom stereocenters. The van der Waals surface area contributed by atoms with Gasteiger partial charge in [-0.2, -0.15) is 0 Å². The first kappa shape index (κ1) is 13.2. The van der Waals surface area contributed by atoms with E-state index in [2.05, 4.69) is 16.0 Å². The monoisotopic (exact) mass is 294 g/mol. The van der Waals surface area contributed by atoms with Crippen LogP contribution in [0.3, 0.4) is 0 Å². The fourth-order valence-corrected chi connectivity index (χ4v) is 3.39. The minimum Gasteiger partial charge on any atom is -0.341 e. The van der Waals surface area contributed by atoms with Gasteiger partial charge in [-0.25, -0.2) is 9.97 Å². The van der Waals surface area contributed by atoms with Crippen molar-refractivity contribution in [3.63, 3.8) is 0 Å². The third-order valence-corrected chi connectivity index (χ3v) is 4.45. The van der Waals surface area contributed by atoms with E-state index in [4.69, 9.17) is 0 Å². The molecule has 1 amide bonds. The molecule has 0 spiro atoms. The number of para-hydroxylation sites is 1. The summed E-state index contributed by atoms with van der Waals surface area (Å²) < 4.78 is 0. The Hall–Kier alpha value is -2.43. The van der Waals surface area contributed by atoms with Gasteiger partial charge in [0.2, 0.25) is 11.9 Å². The van der Waals surface area contributed by atoms with E-state index in [1.165, 1.54) is 5.56 Å². The van der Waals surface area contributed by atoms with Crippen LogP contribution < -0.4 is 4.90 Å². The van der Waals surface area contributed by atoms with Gasteiger partial charge in [0.15, 0.2) is 0 Å². The summed E-state index contributed by atoms with van der Waals surface area (Å²) in [6.07, 6.45) is 6.38. The fourth-order valence-electron chi connectivity index (χ4n) is 3.39. The van der Waals surface area contributed by atoms with E-state index in [1.807, 2.05) is 28.0 Å². The van der Waals surface area contributed by atoms with Crippen molar-refractivity contribution in [3.05, 3.63) is 48.3 Å². The summed E-state index contributed by atoms with van der Waals surface area (Å²) in [4.78, 5) is 25.6. The first-order valence-corrected chi connectivity index (χ1v) is 7.77. The molecular weight excluding hydrogens is 276 g/mol. The molecule has 2 aromatic rings. The average Bonchev–Trinajstić information content (AvgIpc) is 3.22. The standard InChI is InChI=1S/C17H18N4O/c22-16(20-10-3-4-11-20)15-12-13-6-1-2-7-14(13)21(15)17-18-8-5-9-19-17/h1-2,5-9,15H,3-4,10-12H2. The zero-order valence-corrected chi connectivity index (χ0v) is 12.4. The Balaban J connectivity index is 1.73. The maximum absolute atomic E-state index is 12.9. The zero-order chi connectivity index (χ0) is 14.9. The molecule has 0 radical (unpaired) electrons. The second-order valence-corrected chi connectivity index (χ2v) is 5.80. The van der Waals surface area contributed by atoms with Crippen molar-refractivity contribution in [2.75, 3.05) is 18.0 Å². The maximum Gasteiger partial charge on any atom is 0.246 e. The fraction of sp³-hybridized carbons (Fsp3) is 0.353. The summed E-state index contributed by atoms with van der Waals surface area (Å²) in [5.74, 6) is 0.797. The van der Waals surface area contributed by atoms with Crippen LogP contribution in [0.5, 0.6) is 0 Å². The number of rotatable bonds is 2. The van der Waals surface area contributed by atoms with Crippen molar-refractivity contribution in [1.82, 2.24) is 14.9 Å². The van der Waals surface area contributed by atoms with Gasteiger partial charge in [-0.05, 0) is 30.5 Å². The number of likely N-dealkylation sites (tertiary alicyclic amines) is 1. The molecule has 22 heavy (non-hydrogen) atoms. The van der Waals surface area contributed by atoms with Gasteiger partial charge in [-0.15, -0.1) is 0 Å². The third kappa shape index (κ3) is 2.13. The van der Waals surface area contributed by atoms with Crippen molar-refractivity contribution < 1.29 is 4.79 Å². The predicted molar refractivity (Wildman–Crippen MR) is 83.9 cm³/mol. The summed E-state index contributed by atoms with van der Waals surface area (Å²) in [6.45, 7) is 1.74. The van der Waals surface area contributed by atoms with Crippen LogP contribution in [0.1, 0.15) is 18.4 Å². The molecule has 5 heteroatoms. The van der Waals surface area contributed by atoms with Crippen molar-refractivity contribution in [2.45, 2.75) is 25.3 Å². The first-order chi connectivity index (χ1) is 10.8. The lowest BCUT2D eigenvalue weighted by Crippen LogP contribution is -2.45. The van der Waals surface area contributed by atoms with Gasteiger partial charge >= 0.3 is 0 Å². The number of anilines is 2. The van der Waals surface area contributed by atoms with Crippen molar-refractivity contribution in [1.29, 1.82) is 0 Å². The number of aromatic nitrogens is 2. The van der Waals surface area contributed by atoms with Crippen LogP contribution in [0, 0.1) is 0 Å². The molecule has 2 aliphatic rings. The van der Waals surface area contributed by atoms with E-state index in [0.717, 1.165) is 38.0 Å². The highest BCUT2D eigenvalue weighted by Crippen LogP contribution is 2.37. The molecule has 3 heterocycles. The molecule has 0 bridgehead atoms. The second-order valence-electron chi connectivity index (χ2n) is 5.80. The Kier molecular flexibility index (Phi) is 3.25. The molecule has 1 aromatic carbocycles. The summed E-state index contributed by atoms with van der Waals surface area (Å²) >= 11 is 0. The van der Waals surface area contributed by atoms with Gasteiger partial charge in [0.25, 0.3) is 0 Å². The predicted octanol–water partition coefficient (Wildman–Crippen LogP) is 2.16. The minimum absolute atomic E-state index is 0.196. The van der Waals surface area contributed by atoms with E-state index in [1.54, 1.807) is 18.5 Å². The van der Waals surface area contributed by atoms with E-state index in [-0.39, 0.29) is 11.9 Å². The number of amides is 1. The van der Waals surface area contributed by atoms with Crippen molar-refractivity contribution in [2.24, 2.45) is 0 Å². The maximum atomic E-state index is 12.9. The highest BCUT2D eigenvalue weighted by atomic mass is 16.2. The Bertz CT molecular complexity index is 682. The summed E-state index contributed by atoms with van der Waals surface area (Å²) in [5, 5.41) is 0. The van der Waals surface area contributed by atoms with Gasteiger partial charge in [0, 0.05) is 37.6 Å². The smallest absolute Gasteiger partial charge is 0.246 e. The van der Waals surface area contributed by atoms with Crippen LogP contribution in [-0.4, -0.2) is 39.9 Å². The van der Waals surface area contributed by atoms with Crippen LogP contribution in [0.2, 0.25) is 0 Å². The van der Waals surface area contributed by atoms with E-state index >= 15 is 0 Å². The minimum atomic E-state index is -0.224. The van der Waals surface area contributed by atoms with Gasteiger partial charge in [0.1, 0.15) is 6.04 Å². The Morgan fingerprint density at radius 3 is 2.55 bits per heavy atom. The molecular formula is C17H18N4O. The van der Waals surface area contributed by atoms with Crippen LogP contribution in [-0.2, 0) is 11.2 Å². The van der Waals surface area contributed by atoms with Crippen LogP contribution in [0.4, 0.5) is 11.6 Å². The SMILES string of the molecule is O=C(C1Cc2ccccc2N1c1ncccn1)N1CCCC1. The molecule has 0 aliphatic carbocycles. The van der Waals surface area contributed by atoms with Gasteiger partial charge in [-0.3, -0.25) is 9.69 Å². The number of carbonyl (C=O) groups excluding carboxylic acids is 1. The number of fused-ring (bicyclic) bond motifs is 1. The van der Waals surface area contributed by atoms with Gasteiger partial charge in [-0.1, -0.05) is 18.2 Å².